The Bertz CT molecular complexity index is 1440. The standard InChI is InChI=1S/C29H28N2/c1-18(2)27-28(31-26-17-20-11-7-6-10-19(20)16-25(26)30-27)22-14-21-12-8-9-13-23(21)24(15-22)29(3,4)5/h6-18H,1-5H3. The fourth-order valence-corrected chi connectivity index (χ4v) is 4.44. The number of aromatic nitrogens is 2. The van der Waals surface area contributed by atoms with Crippen molar-refractivity contribution in [1.29, 1.82) is 0 Å². The smallest absolute Gasteiger partial charge is 0.0928 e. The molecule has 5 aromatic rings. The van der Waals surface area contributed by atoms with Gasteiger partial charge in [-0.05, 0) is 62.7 Å². The zero-order valence-electron chi connectivity index (χ0n) is 18.9. The van der Waals surface area contributed by atoms with Crippen molar-refractivity contribution in [3.63, 3.8) is 0 Å². The fourth-order valence-electron chi connectivity index (χ4n) is 4.44. The molecule has 0 radical (unpaired) electrons. The second-order valence-electron chi connectivity index (χ2n) is 9.80. The van der Waals surface area contributed by atoms with Gasteiger partial charge in [0.1, 0.15) is 0 Å². The molecule has 4 aromatic carbocycles. The van der Waals surface area contributed by atoms with Crippen LogP contribution < -0.4 is 0 Å². The Hall–Kier alpha value is -3.26. The lowest BCUT2D eigenvalue weighted by atomic mass is 9.82. The van der Waals surface area contributed by atoms with Crippen molar-refractivity contribution in [3.8, 4) is 11.3 Å². The van der Waals surface area contributed by atoms with Crippen molar-refractivity contribution >= 4 is 32.6 Å². The molecule has 1 heterocycles. The van der Waals surface area contributed by atoms with Crippen LogP contribution in [0, 0.1) is 0 Å². The Balaban J connectivity index is 1.84. The predicted molar refractivity (Wildman–Crippen MR) is 133 cm³/mol. The van der Waals surface area contributed by atoms with Crippen LogP contribution in [0.1, 0.15) is 51.8 Å². The fraction of sp³-hybridized carbons (Fsp3) is 0.241. The Morgan fingerprint density at radius 2 is 1.26 bits per heavy atom. The molecule has 154 valence electrons. The summed E-state index contributed by atoms with van der Waals surface area (Å²) in [7, 11) is 0. The molecule has 0 saturated carbocycles. The summed E-state index contributed by atoms with van der Waals surface area (Å²) in [5.41, 5.74) is 6.48. The summed E-state index contributed by atoms with van der Waals surface area (Å²) >= 11 is 0. The maximum absolute atomic E-state index is 5.18. The highest BCUT2D eigenvalue weighted by Crippen LogP contribution is 2.37. The normalized spacial score (nSPS) is 12.3. The molecule has 0 aliphatic heterocycles. The minimum Gasteiger partial charge on any atom is -0.249 e. The molecule has 31 heavy (non-hydrogen) atoms. The average Bonchev–Trinajstić information content (AvgIpc) is 2.75. The molecule has 0 atom stereocenters. The first-order valence-electron chi connectivity index (χ1n) is 11.1. The summed E-state index contributed by atoms with van der Waals surface area (Å²) in [6.07, 6.45) is 0. The lowest BCUT2D eigenvalue weighted by Gasteiger charge is -2.23. The second kappa shape index (κ2) is 7.16. The molecule has 2 heteroatoms. The minimum absolute atomic E-state index is 0.0358. The summed E-state index contributed by atoms with van der Waals surface area (Å²) in [6, 6.07) is 26.0. The highest BCUT2D eigenvalue weighted by molar-refractivity contribution is 5.96. The largest absolute Gasteiger partial charge is 0.249 e. The molecule has 2 nitrogen and oxygen atoms in total. The van der Waals surface area contributed by atoms with Gasteiger partial charge in [0, 0.05) is 5.56 Å². The number of hydrogen-bond acceptors (Lipinski definition) is 2. The van der Waals surface area contributed by atoms with Crippen LogP contribution in [-0.4, -0.2) is 9.97 Å². The zero-order valence-corrected chi connectivity index (χ0v) is 18.9. The van der Waals surface area contributed by atoms with Gasteiger partial charge in [0.15, 0.2) is 0 Å². The van der Waals surface area contributed by atoms with Gasteiger partial charge in [-0.2, -0.15) is 0 Å². The first-order valence-corrected chi connectivity index (χ1v) is 11.1. The molecule has 0 aliphatic carbocycles. The zero-order chi connectivity index (χ0) is 21.8. The lowest BCUT2D eigenvalue weighted by molar-refractivity contribution is 0.596. The van der Waals surface area contributed by atoms with Crippen LogP contribution in [0.2, 0.25) is 0 Å². The van der Waals surface area contributed by atoms with Crippen LogP contribution in [0.5, 0.6) is 0 Å². The minimum atomic E-state index is 0.0358. The van der Waals surface area contributed by atoms with E-state index in [-0.39, 0.29) is 11.3 Å². The van der Waals surface area contributed by atoms with E-state index >= 15 is 0 Å². The maximum Gasteiger partial charge on any atom is 0.0928 e. The molecule has 0 saturated heterocycles. The molecule has 0 bridgehead atoms. The van der Waals surface area contributed by atoms with E-state index in [1.807, 2.05) is 0 Å². The van der Waals surface area contributed by atoms with E-state index < -0.39 is 0 Å². The van der Waals surface area contributed by atoms with Gasteiger partial charge in [-0.15, -0.1) is 0 Å². The Morgan fingerprint density at radius 3 is 1.87 bits per heavy atom. The second-order valence-corrected chi connectivity index (χ2v) is 9.80. The summed E-state index contributed by atoms with van der Waals surface area (Å²) in [4.78, 5) is 10.3. The third-order valence-corrected chi connectivity index (χ3v) is 6.05. The van der Waals surface area contributed by atoms with E-state index in [1.165, 1.54) is 27.1 Å². The van der Waals surface area contributed by atoms with Crippen LogP contribution in [0.4, 0.5) is 0 Å². The van der Waals surface area contributed by atoms with Crippen molar-refractivity contribution in [1.82, 2.24) is 9.97 Å². The van der Waals surface area contributed by atoms with Crippen LogP contribution in [0.15, 0.2) is 72.8 Å². The predicted octanol–water partition coefficient (Wildman–Crippen LogP) is 8.02. The molecular formula is C29H28N2. The maximum atomic E-state index is 5.18. The molecule has 0 N–H and O–H groups in total. The van der Waals surface area contributed by atoms with Gasteiger partial charge in [-0.3, -0.25) is 0 Å². The molecule has 5 rings (SSSR count). The Kier molecular flexibility index (Phi) is 4.55. The number of hydrogen-bond donors (Lipinski definition) is 0. The van der Waals surface area contributed by atoms with Gasteiger partial charge in [0.05, 0.1) is 22.4 Å². The highest BCUT2D eigenvalue weighted by atomic mass is 14.8. The first kappa shape index (κ1) is 19.7. The first-order chi connectivity index (χ1) is 14.8. The van der Waals surface area contributed by atoms with E-state index in [0.29, 0.717) is 0 Å². The monoisotopic (exact) mass is 404 g/mol. The van der Waals surface area contributed by atoms with Gasteiger partial charge in [0.25, 0.3) is 0 Å². The van der Waals surface area contributed by atoms with E-state index in [2.05, 4.69) is 107 Å². The molecule has 0 aliphatic rings. The molecular weight excluding hydrogens is 376 g/mol. The molecule has 1 aromatic heterocycles. The number of rotatable bonds is 2. The molecule has 0 amide bonds. The van der Waals surface area contributed by atoms with Crippen molar-refractivity contribution in [2.24, 2.45) is 0 Å². The van der Waals surface area contributed by atoms with E-state index in [9.17, 15) is 0 Å². The summed E-state index contributed by atoms with van der Waals surface area (Å²) < 4.78 is 0. The van der Waals surface area contributed by atoms with Crippen molar-refractivity contribution in [3.05, 3.63) is 84.1 Å². The van der Waals surface area contributed by atoms with Gasteiger partial charge in [0.2, 0.25) is 0 Å². The topological polar surface area (TPSA) is 25.8 Å². The van der Waals surface area contributed by atoms with Crippen molar-refractivity contribution in [2.75, 3.05) is 0 Å². The molecule has 0 spiro atoms. The average molecular weight is 405 g/mol. The quantitative estimate of drug-likeness (QED) is 0.278. The van der Waals surface area contributed by atoms with Crippen LogP contribution in [0.3, 0.4) is 0 Å². The third-order valence-electron chi connectivity index (χ3n) is 6.05. The molecule has 0 unspecified atom stereocenters. The van der Waals surface area contributed by atoms with E-state index in [4.69, 9.17) is 9.97 Å². The lowest BCUT2D eigenvalue weighted by Crippen LogP contribution is -2.12. The number of fused-ring (bicyclic) bond motifs is 3. The van der Waals surface area contributed by atoms with Gasteiger partial charge in [-0.25, -0.2) is 9.97 Å². The van der Waals surface area contributed by atoms with Gasteiger partial charge >= 0.3 is 0 Å². The number of benzene rings is 4. The summed E-state index contributed by atoms with van der Waals surface area (Å²) in [6.45, 7) is 11.2. The summed E-state index contributed by atoms with van der Waals surface area (Å²) in [5.74, 6) is 0.280. The highest BCUT2D eigenvalue weighted by Gasteiger charge is 2.21. The SMILES string of the molecule is CC(C)c1nc2cc3ccccc3cc2nc1-c1cc(C(C)(C)C)c2ccccc2c1. The van der Waals surface area contributed by atoms with Crippen LogP contribution in [0.25, 0.3) is 43.8 Å². The third kappa shape index (κ3) is 3.46. The van der Waals surface area contributed by atoms with Crippen LogP contribution >= 0.6 is 0 Å². The van der Waals surface area contributed by atoms with Crippen molar-refractivity contribution < 1.29 is 0 Å². The molecule has 0 fully saturated rings. The Morgan fingerprint density at radius 1 is 0.677 bits per heavy atom. The summed E-state index contributed by atoms with van der Waals surface area (Å²) in [5, 5.41) is 4.96. The Labute approximate surface area is 184 Å². The number of nitrogens with zero attached hydrogens (tertiary/aromatic N) is 2. The van der Waals surface area contributed by atoms with Gasteiger partial charge < -0.3 is 0 Å². The van der Waals surface area contributed by atoms with Crippen LogP contribution in [-0.2, 0) is 5.41 Å². The van der Waals surface area contributed by atoms with Crippen molar-refractivity contribution in [2.45, 2.75) is 46.0 Å². The van der Waals surface area contributed by atoms with E-state index in [1.54, 1.807) is 0 Å². The van der Waals surface area contributed by atoms with E-state index in [0.717, 1.165) is 28.0 Å². The van der Waals surface area contributed by atoms with Gasteiger partial charge in [-0.1, -0.05) is 83.1 Å².